The predicted molar refractivity (Wildman–Crippen MR) is 278 cm³/mol. The van der Waals surface area contributed by atoms with Crippen LogP contribution in [0.5, 0.6) is 0 Å². The van der Waals surface area contributed by atoms with E-state index in [1.165, 1.54) is 77.1 Å². The Morgan fingerprint density at radius 3 is 1.24 bits per heavy atom. The van der Waals surface area contributed by atoms with E-state index < -0.39 is 0 Å². The third kappa shape index (κ3) is 7.20. The van der Waals surface area contributed by atoms with Crippen LogP contribution in [0, 0.1) is 13.8 Å². The highest BCUT2D eigenvalue weighted by Crippen LogP contribution is 2.39. The summed E-state index contributed by atoms with van der Waals surface area (Å²) in [6.07, 6.45) is 9.22. The van der Waals surface area contributed by atoms with Crippen LogP contribution in [0.4, 0.5) is 0 Å². The summed E-state index contributed by atoms with van der Waals surface area (Å²) in [6, 6.07) is 62.4. The van der Waals surface area contributed by atoms with Crippen molar-refractivity contribution in [3.8, 4) is 56.4 Å². The summed E-state index contributed by atoms with van der Waals surface area (Å²) >= 11 is 0. The fraction of sp³-hybridized carbons (Fsp3) is 0.0984. The molecule has 0 aliphatic rings. The third-order valence-corrected chi connectivity index (χ3v) is 13.7. The lowest BCUT2D eigenvalue weighted by molar-refractivity contribution is 0.744. The average molecular weight is 878 g/mol. The summed E-state index contributed by atoms with van der Waals surface area (Å²) in [4.78, 5) is 25.5. The Balaban J connectivity index is 1.06. The quantitative estimate of drug-likeness (QED) is 0.129. The van der Waals surface area contributed by atoms with Gasteiger partial charge in [0.15, 0.2) is 17.5 Å². The first-order valence-corrected chi connectivity index (χ1v) is 23.4. The van der Waals surface area contributed by atoms with Gasteiger partial charge in [0.2, 0.25) is 0 Å². The van der Waals surface area contributed by atoms with Gasteiger partial charge in [0, 0.05) is 74.8 Å². The van der Waals surface area contributed by atoms with Crippen LogP contribution >= 0.6 is 0 Å². The van der Waals surface area contributed by atoms with Crippen LogP contribution < -0.4 is 0 Å². The van der Waals surface area contributed by atoms with Gasteiger partial charge in [0.1, 0.15) is 0 Å². The molecule has 7 heteroatoms. The maximum Gasteiger partial charge on any atom is 0.164 e. The van der Waals surface area contributed by atoms with Gasteiger partial charge in [0.25, 0.3) is 0 Å². The Hall–Kier alpha value is -8.55. The largest absolute Gasteiger partial charge is 0.339 e. The van der Waals surface area contributed by atoms with E-state index in [2.05, 4.69) is 191 Å². The van der Waals surface area contributed by atoms with E-state index in [9.17, 15) is 0 Å². The maximum absolute atomic E-state index is 5.57. The molecule has 0 N–H and O–H groups in total. The van der Waals surface area contributed by atoms with Crippen molar-refractivity contribution in [1.29, 1.82) is 0 Å². The van der Waals surface area contributed by atoms with Crippen molar-refractivity contribution in [1.82, 2.24) is 34.1 Å². The van der Waals surface area contributed by atoms with Crippen molar-refractivity contribution in [2.45, 2.75) is 39.8 Å². The van der Waals surface area contributed by atoms with Crippen LogP contribution in [0.1, 0.15) is 22.3 Å². The number of pyridine rings is 2. The summed E-state index contributed by atoms with van der Waals surface area (Å²) in [5.74, 6) is 1.92. The molecule has 12 rings (SSSR count). The number of fused-ring (bicyclic) bond motifs is 6. The molecule has 68 heavy (non-hydrogen) atoms. The van der Waals surface area contributed by atoms with Gasteiger partial charge in [-0.15, -0.1) is 0 Å². The molecule has 0 atom stereocenters. The topological polar surface area (TPSA) is 74.3 Å². The van der Waals surface area contributed by atoms with Crippen molar-refractivity contribution < 1.29 is 0 Å². The van der Waals surface area contributed by atoms with Crippen molar-refractivity contribution in [3.63, 3.8) is 0 Å². The SMILES string of the molecule is Cc1ccccc1-c1cccc(-c2nc(-c3ccccc3)nc(-c3cccc(-c4ccccc4C)c3CCn3c4ccccc4c4ccncc43)n2)c1CCn1c2ccccc2c2ccncc21. The minimum absolute atomic E-state index is 0.632. The molecule has 12 aromatic rings. The van der Waals surface area contributed by atoms with Gasteiger partial charge < -0.3 is 9.13 Å². The first-order valence-electron chi connectivity index (χ1n) is 23.4. The Kier molecular flexibility index (Phi) is 10.4. The lowest BCUT2D eigenvalue weighted by Crippen LogP contribution is -2.08. The van der Waals surface area contributed by atoms with E-state index in [0.717, 1.165) is 53.7 Å². The lowest BCUT2D eigenvalue weighted by atomic mass is 9.90. The molecule has 7 aromatic carbocycles. The highest BCUT2D eigenvalue weighted by Gasteiger charge is 2.23. The van der Waals surface area contributed by atoms with Gasteiger partial charge >= 0.3 is 0 Å². The zero-order chi connectivity index (χ0) is 45.6. The lowest BCUT2D eigenvalue weighted by Gasteiger charge is -2.19. The Morgan fingerprint density at radius 2 is 0.735 bits per heavy atom. The number of nitrogens with zero attached hydrogens (tertiary/aromatic N) is 7. The van der Waals surface area contributed by atoms with E-state index >= 15 is 0 Å². The van der Waals surface area contributed by atoms with Crippen LogP contribution in [-0.2, 0) is 25.9 Å². The van der Waals surface area contributed by atoms with E-state index in [1.807, 2.05) is 43.0 Å². The van der Waals surface area contributed by atoms with Crippen LogP contribution in [0.25, 0.3) is 100 Å². The predicted octanol–water partition coefficient (Wildman–Crippen LogP) is 14.3. The molecular weight excluding hydrogens is 831 g/mol. The van der Waals surface area contributed by atoms with Crippen molar-refractivity contribution in [2.24, 2.45) is 0 Å². The molecule has 0 saturated carbocycles. The molecule has 326 valence electrons. The Labute approximate surface area is 395 Å². The van der Waals surface area contributed by atoms with E-state index in [1.54, 1.807) is 0 Å². The summed E-state index contributed by atoms with van der Waals surface area (Å²) < 4.78 is 4.84. The average Bonchev–Trinajstić information content (AvgIpc) is 3.89. The van der Waals surface area contributed by atoms with Gasteiger partial charge in [-0.1, -0.05) is 152 Å². The summed E-state index contributed by atoms with van der Waals surface area (Å²) in [6.45, 7) is 5.85. The first kappa shape index (κ1) is 40.9. The van der Waals surface area contributed by atoms with Crippen molar-refractivity contribution in [3.05, 3.63) is 223 Å². The van der Waals surface area contributed by atoms with Gasteiger partial charge in [-0.2, -0.15) is 0 Å². The van der Waals surface area contributed by atoms with Crippen LogP contribution in [0.3, 0.4) is 0 Å². The normalized spacial score (nSPS) is 11.6. The Bertz CT molecular complexity index is 3510. The molecule has 7 nitrogen and oxygen atoms in total. The number of aryl methyl sites for hydroxylation is 4. The van der Waals surface area contributed by atoms with Crippen molar-refractivity contribution >= 4 is 43.6 Å². The number of aromatic nitrogens is 7. The zero-order valence-corrected chi connectivity index (χ0v) is 38.0. The molecule has 5 aromatic heterocycles. The van der Waals surface area contributed by atoms with E-state index in [0.29, 0.717) is 17.5 Å². The minimum Gasteiger partial charge on any atom is -0.339 e. The van der Waals surface area contributed by atoms with Crippen molar-refractivity contribution in [2.75, 3.05) is 0 Å². The zero-order valence-electron chi connectivity index (χ0n) is 38.0. The molecule has 0 radical (unpaired) electrons. The monoisotopic (exact) mass is 877 g/mol. The number of hydrogen-bond donors (Lipinski definition) is 0. The fourth-order valence-corrected chi connectivity index (χ4v) is 10.4. The first-order chi connectivity index (χ1) is 33.6. The Morgan fingerprint density at radius 1 is 0.338 bits per heavy atom. The number of benzene rings is 7. The minimum atomic E-state index is 0.632. The summed E-state index contributed by atoms with van der Waals surface area (Å²) in [7, 11) is 0. The maximum atomic E-state index is 5.57. The second-order valence-electron chi connectivity index (χ2n) is 17.6. The van der Waals surface area contributed by atoms with Crippen LogP contribution in [-0.4, -0.2) is 34.1 Å². The number of para-hydroxylation sites is 2. The second kappa shape index (κ2) is 17.3. The summed E-state index contributed by atoms with van der Waals surface area (Å²) in [5.41, 5.74) is 17.1. The van der Waals surface area contributed by atoms with Crippen LogP contribution in [0.15, 0.2) is 201 Å². The third-order valence-electron chi connectivity index (χ3n) is 13.7. The van der Waals surface area contributed by atoms with Gasteiger partial charge in [0.05, 0.1) is 23.4 Å². The molecule has 0 amide bonds. The van der Waals surface area contributed by atoms with E-state index in [-0.39, 0.29) is 0 Å². The number of rotatable bonds is 11. The molecular formula is C61H47N7. The molecule has 0 unspecified atom stereocenters. The molecule has 0 aliphatic heterocycles. The molecule has 0 aliphatic carbocycles. The van der Waals surface area contributed by atoms with Gasteiger partial charge in [-0.05, 0) is 95.5 Å². The molecule has 0 saturated heterocycles. The highest BCUT2D eigenvalue weighted by molar-refractivity contribution is 6.08. The smallest absolute Gasteiger partial charge is 0.164 e. The summed E-state index contributed by atoms with van der Waals surface area (Å²) in [5, 5.41) is 4.86. The molecule has 0 bridgehead atoms. The fourth-order valence-electron chi connectivity index (χ4n) is 10.4. The molecule has 0 spiro atoms. The van der Waals surface area contributed by atoms with Gasteiger partial charge in [-0.25, -0.2) is 15.0 Å². The highest BCUT2D eigenvalue weighted by atomic mass is 15.0. The van der Waals surface area contributed by atoms with Crippen LogP contribution in [0.2, 0.25) is 0 Å². The second-order valence-corrected chi connectivity index (χ2v) is 17.6. The molecule has 0 fully saturated rings. The van der Waals surface area contributed by atoms with E-state index in [4.69, 9.17) is 15.0 Å². The standard InChI is InChI=1S/C61H47N7/c1-40-16-6-8-20-43(40)45-24-14-26-53(47(45)32-36-67-55-28-12-10-22-49(55)51-30-34-62-38-57(51)67)60-64-59(42-18-4-3-5-19-42)65-61(66-60)54-27-15-25-46(44-21-9-7-17-41(44)2)48(54)33-37-68-56-29-13-11-23-50(56)52-31-35-63-39-58(52)68/h3-31,34-35,38-39H,32-33,36-37H2,1-2H3. The number of hydrogen-bond acceptors (Lipinski definition) is 5. The molecule has 5 heterocycles. The van der Waals surface area contributed by atoms with Gasteiger partial charge in [-0.3, -0.25) is 9.97 Å².